The van der Waals surface area contributed by atoms with Crippen molar-refractivity contribution in [3.8, 4) is 0 Å². The molecule has 1 heterocycles. The van der Waals surface area contributed by atoms with Crippen LogP contribution in [0.3, 0.4) is 0 Å². The van der Waals surface area contributed by atoms with E-state index in [9.17, 15) is 0 Å². The molecule has 1 heteroatoms. The van der Waals surface area contributed by atoms with Crippen molar-refractivity contribution in [3.05, 3.63) is 30.6 Å². The standard InChI is InChI=1S/C9H13N/c1-4-10-6-5-9(7-10)8(2)3/h5-7H,2,4H2,1,3H3. The van der Waals surface area contributed by atoms with E-state index in [1.165, 1.54) is 5.56 Å². The molecule has 0 amide bonds. The molecule has 0 aliphatic carbocycles. The molecule has 0 saturated heterocycles. The Morgan fingerprint density at radius 3 is 2.70 bits per heavy atom. The fourth-order valence-electron chi connectivity index (χ4n) is 0.890. The zero-order valence-electron chi connectivity index (χ0n) is 6.59. The van der Waals surface area contributed by atoms with Crippen LogP contribution < -0.4 is 0 Å². The lowest BCUT2D eigenvalue weighted by molar-refractivity contribution is 0.768. The third kappa shape index (κ3) is 1.29. The molecule has 0 atom stereocenters. The van der Waals surface area contributed by atoms with Crippen LogP contribution in [0, 0.1) is 0 Å². The molecule has 0 aliphatic heterocycles. The minimum absolute atomic E-state index is 1.04. The summed E-state index contributed by atoms with van der Waals surface area (Å²) >= 11 is 0. The molecule has 0 aromatic carbocycles. The lowest BCUT2D eigenvalue weighted by Crippen LogP contribution is -1.86. The first-order valence-electron chi connectivity index (χ1n) is 3.55. The van der Waals surface area contributed by atoms with E-state index in [1.807, 2.05) is 6.92 Å². The molecular weight excluding hydrogens is 122 g/mol. The molecule has 1 rings (SSSR count). The van der Waals surface area contributed by atoms with Crippen molar-refractivity contribution in [2.45, 2.75) is 20.4 Å². The highest BCUT2D eigenvalue weighted by molar-refractivity contribution is 5.60. The summed E-state index contributed by atoms with van der Waals surface area (Å²) in [6, 6.07) is 2.09. The van der Waals surface area contributed by atoms with Gasteiger partial charge in [-0.25, -0.2) is 0 Å². The highest BCUT2D eigenvalue weighted by Crippen LogP contribution is 2.10. The van der Waals surface area contributed by atoms with Gasteiger partial charge in [0.15, 0.2) is 0 Å². The van der Waals surface area contributed by atoms with Crippen molar-refractivity contribution in [3.63, 3.8) is 0 Å². The zero-order chi connectivity index (χ0) is 7.56. The van der Waals surface area contributed by atoms with E-state index >= 15 is 0 Å². The van der Waals surface area contributed by atoms with Crippen LogP contribution in [0.5, 0.6) is 0 Å². The van der Waals surface area contributed by atoms with Gasteiger partial charge in [0.1, 0.15) is 0 Å². The van der Waals surface area contributed by atoms with E-state index in [-0.39, 0.29) is 0 Å². The van der Waals surface area contributed by atoms with Gasteiger partial charge in [-0.2, -0.15) is 0 Å². The number of aryl methyl sites for hydroxylation is 1. The third-order valence-corrected chi connectivity index (χ3v) is 1.61. The topological polar surface area (TPSA) is 4.93 Å². The Bertz CT molecular complexity index is 233. The zero-order valence-corrected chi connectivity index (χ0v) is 6.59. The Kier molecular flexibility index (Phi) is 1.95. The van der Waals surface area contributed by atoms with Gasteiger partial charge in [-0.3, -0.25) is 0 Å². The van der Waals surface area contributed by atoms with Crippen molar-refractivity contribution in [1.29, 1.82) is 0 Å². The molecule has 0 fully saturated rings. The molecule has 0 radical (unpaired) electrons. The van der Waals surface area contributed by atoms with Crippen LogP contribution in [0.1, 0.15) is 19.4 Å². The first-order valence-corrected chi connectivity index (χ1v) is 3.55. The molecule has 0 bridgehead atoms. The Balaban J connectivity index is 2.88. The van der Waals surface area contributed by atoms with Crippen molar-refractivity contribution < 1.29 is 0 Å². The SMILES string of the molecule is C=C(C)c1ccn(CC)c1. The average molecular weight is 135 g/mol. The maximum absolute atomic E-state index is 3.86. The largest absolute Gasteiger partial charge is 0.354 e. The third-order valence-electron chi connectivity index (χ3n) is 1.61. The molecular formula is C9H13N. The molecule has 1 aromatic rings. The molecule has 0 spiro atoms. The Labute approximate surface area is 62.0 Å². The Morgan fingerprint density at radius 2 is 2.40 bits per heavy atom. The first-order chi connectivity index (χ1) is 4.74. The van der Waals surface area contributed by atoms with Gasteiger partial charge in [0.25, 0.3) is 0 Å². The highest BCUT2D eigenvalue weighted by atomic mass is 14.9. The summed E-state index contributed by atoms with van der Waals surface area (Å²) in [7, 11) is 0. The van der Waals surface area contributed by atoms with E-state index in [4.69, 9.17) is 0 Å². The second-order valence-corrected chi connectivity index (χ2v) is 2.51. The summed E-state index contributed by atoms with van der Waals surface area (Å²) in [4.78, 5) is 0. The number of rotatable bonds is 2. The molecule has 1 nitrogen and oxygen atoms in total. The van der Waals surface area contributed by atoms with E-state index in [0.29, 0.717) is 0 Å². The lowest BCUT2D eigenvalue weighted by atomic mass is 10.2. The quantitative estimate of drug-likeness (QED) is 0.587. The van der Waals surface area contributed by atoms with Gasteiger partial charge in [-0.15, -0.1) is 0 Å². The van der Waals surface area contributed by atoms with Crippen LogP contribution in [0.15, 0.2) is 25.0 Å². The van der Waals surface area contributed by atoms with Crippen LogP contribution in [0.25, 0.3) is 5.57 Å². The molecule has 0 N–H and O–H groups in total. The van der Waals surface area contributed by atoms with Gasteiger partial charge in [0.05, 0.1) is 0 Å². The first kappa shape index (κ1) is 7.13. The summed E-state index contributed by atoms with van der Waals surface area (Å²) in [6.07, 6.45) is 4.19. The van der Waals surface area contributed by atoms with E-state index in [2.05, 4.69) is 36.5 Å². The van der Waals surface area contributed by atoms with Gasteiger partial charge in [-0.05, 0) is 31.1 Å². The monoisotopic (exact) mass is 135 g/mol. The van der Waals surface area contributed by atoms with Crippen LogP contribution in [0.4, 0.5) is 0 Å². The Morgan fingerprint density at radius 1 is 1.70 bits per heavy atom. The van der Waals surface area contributed by atoms with Gasteiger partial charge < -0.3 is 4.57 Å². The van der Waals surface area contributed by atoms with Crippen LogP contribution in [-0.4, -0.2) is 4.57 Å². The minimum Gasteiger partial charge on any atom is -0.354 e. The summed E-state index contributed by atoms with van der Waals surface area (Å²) in [5.74, 6) is 0. The van der Waals surface area contributed by atoms with Gasteiger partial charge in [0, 0.05) is 18.9 Å². The minimum atomic E-state index is 1.04. The maximum Gasteiger partial charge on any atom is 0.0191 e. The maximum atomic E-state index is 3.86. The fraction of sp³-hybridized carbons (Fsp3) is 0.333. The predicted octanol–water partition coefficient (Wildman–Crippen LogP) is 2.54. The summed E-state index contributed by atoms with van der Waals surface area (Å²) in [5, 5.41) is 0. The van der Waals surface area contributed by atoms with Gasteiger partial charge in [-0.1, -0.05) is 6.58 Å². The normalized spacial score (nSPS) is 9.80. The smallest absolute Gasteiger partial charge is 0.0191 e. The van der Waals surface area contributed by atoms with Crippen LogP contribution >= 0.6 is 0 Å². The highest BCUT2D eigenvalue weighted by Gasteiger charge is 1.93. The van der Waals surface area contributed by atoms with Crippen molar-refractivity contribution in [2.75, 3.05) is 0 Å². The number of nitrogens with zero attached hydrogens (tertiary/aromatic N) is 1. The van der Waals surface area contributed by atoms with Crippen molar-refractivity contribution in [2.24, 2.45) is 0 Å². The van der Waals surface area contributed by atoms with Gasteiger partial charge in [0.2, 0.25) is 0 Å². The van der Waals surface area contributed by atoms with Gasteiger partial charge >= 0.3 is 0 Å². The summed E-state index contributed by atoms with van der Waals surface area (Å²) in [6.45, 7) is 9.04. The number of allylic oxidation sites excluding steroid dienone is 1. The lowest BCUT2D eigenvalue weighted by Gasteiger charge is -1.93. The van der Waals surface area contributed by atoms with Crippen molar-refractivity contribution in [1.82, 2.24) is 4.57 Å². The number of hydrogen-bond donors (Lipinski definition) is 0. The molecule has 54 valence electrons. The molecule has 0 saturated carbocycles. The predicted molar refractivity (Wildman–Crippen MR) is 44.8 cm³/mol. The summed E-state index contributed by atoms with van der Waals surface area (Å²) < 4.78 is 2.14. The average Bonchev–Trinajstić information content (AvgIpc) is 2.34. The van der Waals surface area contributed by atoms with Crippen molar-refractivity contribution >= 4 is 5.57 Å². The van der Waals surface area contributed by atoms with E-state index < -0.39 is 0 Å². The molecule has 0 aliphatic rings. The summed E-state index contributed by atoms with van der Waals surface area (Å²) in [5.41, 5.74) is 2.37. The second kappa shape index (κ2) is 2.74. The fourth-order valence-corrected chi connectivity index (χ4v) is 0.890. The molecule has 10 heavy (non-hydrogen) atoms. The van der Waals surface area contributed by atoms with E-state index in [0.717, 1.165) is 12.1 Å². The molecule has 0 unspecified atom stereocenters. The van der Waals surface area contributed by atoms with E-state index in [1.54, 1.807) is 0 Å². The second-order valence-electron chi connectivity index (χ2n) is 2.51. The number of hydrogen-bond acceptors (Lipinski definition) is 0. The van der Waals surface area contributed by atoms with Crippen LogP contribution in [-0.2, 0) is 6.54 Å². The van der Waals surface area contributed by atoms with Crippen LogP contribution in [0.2, 0.25) is 0 Å². The number of aromatic nitrogens is 1. The Hall–Kier alpha value is -0.980. The molecule has 1 aromatic heterocycles.